The Morgan fingerprint density at radius 3 is 2.66 bits per heavy atom. The average molecular weight is 426 g/mol. The van der Waals surface area contributed by atoms with E-state index in [-0.39, 0.29) is 19.2 Å². The molecule has 3 aromatic rings. The molecule has 0 amide bonds. The molecule has 0 unspecified atom stereocenters. The monoisotopic (exact) mass is 426 g/mol. The third-order valence-electron chi connectivity index (χ3n) is 5.64. The number of nitrogens with zero attached hydrogens (tertiary/aromatic N) is 3. The van der Waals surface area contributed by atoms with E-state index < -0.39 is 11.0 Å². The van der Waals surface area contributed by atoms with Crippen LogP contribution in [0.2, 0.25) is 0 Å². The lowest BCUT2D eigenvalue weighted by Gasteiger charge is -2.33. The van der Waals surface area contributed by atoms with Crippen LogP contribution in [0.1, 0.15) is 25.0 Å². The Bertz CT molecular complexity index is 1260. The van der Waals surface area contributed by atoms with Crippen LogP contribution in [0.15, 0.2) is 65.8 Å². The van der Waals surface area contributed by atoms with E-state index in [1.807, 2.05) is 50.2 Å². The van der Waals surface area contributed by atoms with Crippen molar-refractivity contribution in [3.63, 3.8) is 0 Å². The van der Waals surface area contributed by atoms with Gasteiger partial charge in [0.05, 0.1) is 23.2 Å². The highest BCUT2D eigenvalue weighted by molar-refractivity contribution is 5.77. The number of ether oxygens (including phenoxy) is 3. The minimum absolute atomic E-state index is 0.117. The lowest BCUT2D eigenvalue weighted by molar-refractivity contribution is 0.223. The second kappa shape index (κ2) is 7.27. The molecule has 2 aliphatic heterocycles. The van der Waals surface area contributed by atoms with E-state index in [0.29, 0.717) is 22.9 Å². The van der Waals surface area contributed by atoms with E-state index in [4.69, 9.17) is 24.9 Å². The van der Waals surface area contributed by atoms with Gasteiger partial charge in [0.1, 0.15) is 24.7 Å². The molecule has 2 aliphatic rings. The lowest BCUT2D eigenvalue weighted by atomic mass is 9.81. The normalized spacial score (nSPS) is 18.6. The molecule has 0 radical (unpaired) electrons. The molecule has 7 heteroatoms. The number of amidine groups is 1. The summed E-state index contributed by atoms with van der Waals surface area (Å²) < 4.78 is 17.6. The van der Waals surface area contributed by atoms with Crippen molar-refractivity contribution in [2.24, 2.45) is 16.1 Å². The van der Waals surface area contributed by atoms with Gasteiger partial charge in [-0.3, -0.25) is 0 Å². The maximum atomic E-state index is 9.28. The first-order chi connectivity index (χ1) is 15.4. The Balaban J connectivity index is 1.61. The quantitative estimate of drug-likeness (QED) is 0.664. The number of pyridine rings is 1. The van der Waals surface area contributed by atoms with E-state index in [1.54, 1.807) is 6.20 Å². The van der Waals surface area contributed by atoms with Crippen molar-refractivity contribution in [3.8, 4) is 34.6 Å². The van der Waals surface area contributed by atoms with E-state index >= 15 is 0 Å². The number of rotatable bonds is 4. The highest BCUT2D eigenvalue weighted by Crippen LogP contribution is 2.51. The molecular formula is C25H22N4O3. The van der Waals surface area contributed by atoms with Crippen molar-refractivity contribution in [1.82, 2.24) is 4.98 Å². The maximum Gasteiger partial charge on any atom is 0.283 e. The minimum atomic E-state index is -0.894. The number of nitrogens with two attached hydrogens (primary N) is 1. The zero-order chi connectivity index (χ0) is 22.3. The lowest BCUT2D eigenvalue weighted by Crippen LogP contribution is -2.31. The molecule has 0 bridgehead atoms. The van der Waals surface area contributed by atoms with Crippen molar-refractivity contribution in [2.45, 2.75) is 19.4 Å². The van der Waals surface area contributed by atoms with Crippen LogP contribution >= 0.6 is 0 Å². The molecule has 1 spiro atoms. The molecule has 0 saturated carbocycles. The summed E-state index contributed by atoms with van der Waals surface area (Å²) in [6, 6.07) is 20.3. The molecule has 32 heavy (non-hydrogen) atoms. The van der Waals surface area contributed by atoms with Crippen LogP contribution in [0.25, 0.3) is 11.1 Å². The van der Waals surface area contributed by atoms with Gasteiger partial charge in [-0.25, -0.2) is 9.98 Å². The topological polar surface area (TPSA) is 103 Å². The maximum absolute atomic E-state index is 9.28. The number of aromatic nitrogens is 1. The third kappa shape index (κ3) is 3.30. The average Bonchev–Trinajstić information content (AvgIpc) is 3.21. The Morgan fingerprint density at radius 2 is 1.94 bits per heavy atom. The van der Waals surface area contributed by atoms with Crippen molar-refractivity contribution < 1.29 is 14.2 Å². The summed E-state index contributed by atoms with van der Waals surface area (Å²) >= 11 is 0. The first kappa shape index (κ1) is 19.9. The van der Waals surface area contributed by atoms with Gasteiger partial charge in [-0.05, 0) is 43.2 Å². The number of nitriles is 1. The van der Waals surface area contributed by atoms with Crippen LogP contribution in [-0.2, 0) is 10.3 Å². The number of benzene rings is 2. The van der Waals surface area contributed by atoms with Gasteiger partial charge in [0.25, 0.3) is 6.02 Å². The van der Waals surface area contributed by atoms with Crippen molar-refractivity contribution in [3.05, 3.63) is 71.9 Å². The Morgan fingerprint density at radius 1 is 1.12 bits per heavy atom. The molecule has 1 aromatic heterocycles. The van der Waals surface area contributed by atoms with Gasteiger partial charge >= 0.3 is 0 Å². The van der Waals surface area contributed by atoms with Crippen LogP contribution in [0, 0.1) is 16.7 Å². The fraction of sp³-hybridized carbons (Fsp3) is 0.240. The van der Waals surface area contributed by atoms with Crippen LogP contribution in [0.4, 0.5) is 0 Å². The Labute approximate surface area is 186 Å². The summed E-state index contributed by atoms with van der Waals surface area (Å²) in [5, 5.41) is 9.28. The van der Waals surface area contributed by atoms with Gasteiger partial charge in [-0.1, -0.05) is 36.4 Å². The van der Waals surface area contributed by atoms with Crippen LogP contribution < -0.4 is 15.2 Å². The van der Waals surface area contributed by atoms with Gasteiger partial charge < -0.3 is 19.9 Å². The standard InChI is InChI=1S/C25H22N4O3/c1-24(2,13-26)14-30-18-11-20-22(28-12-18)32-21-9-8-17(16-6-4-3-5-7-16)10-19(21)25(20)15-31-23(27)29-25/h3-12H,14-15H2,1-2H3,(H2,27,29)/t25-/m0/s1. The smallest absolute Gasteiger partial charge is 0.283 e. The van der Waals surface area contributed by atoms with Crippen molar-refractivity contribution in [1.29, 1.82) is 5.26 Å². The zero-order valence-electron chi connectivity index (χ0n) is 17.8. The summed E-state index contributed by atoms with van der Waals surface area (Å²) in [7, 11) is 0. The van der Waals surface area contributed by atoms with Gasteiger partial charge in [0, 0.05) is 5.56 Å². The summed E-state index contributed by atoms with van der Waals surface area (Å²) in [6.07, 6.45) is 1.59. The molecule has 7 nitrogen and oxygen atoms in total. The molecule has 3 heterocycles. The van der Waals surface area contributed by atoms with E-state index in [0.717, 1.165) is 16.7 Å². The van der Waals surface area contributed by atoms with E-state index in [2.05, 4.69) is 29.3 Å². The molecular weight excluding hydrogens is 404 g/mol. The van der Waals surface area contributed by atoms with Crippen LogP contribution in [0.5, 0.6) is 17.4 Å². The van der Waals surface area contributed by atoms with Crippen molar-refractivity contribution in [2.75, 3.05) is 13.2 Å². The van der Waals surface area contributed by atoms with Gasteiger partial charge in [0.2, 0.25) is 5.88 Å². The van der Waals surface area contributed by atoms with E-state index in [9.17, 15) is 5.26 Å². The van der Waals surface area contributed by atoms with E-state index in [1.165, 1.54) is 0 Å². The SMILES string of the molecule is CC(C)(C#N)COc1cnc2c(c1)[C@]1(COC(N)=N1)c1cc(-c3ccccc3)ccc1O2. The number of aliphatic imine (C=N–C) groups is 1. The van der Waals surface area contributed by atoms with Gasteiger partial charge in [0.15, 0.2) is 5.54 Å². The summed E-state index contributed by atoms with van der Waals surface area (Å²) in [5.41, 5.74) is 8.14. The largest absolute Gasteiger partial charge is 0.490 e. The minimum Gasteiger partial charge on any atom is -0.490 e. The van der Waals surface area contributed by atoms with Gasteiger partial charge in [-0.2, -0.15) is 5.26 Å². The second-order valence-electron chi connectivity index (χ2n) is 8.59. The molecule has 0 saturated heterocycles. The van der Waals surface area contributed by atoms with Gasteiger partial charge in [-0.15, -0.1) is 0 Å². The molecule has 0 fully saturated rings. The highest BCUT2D eigenvalue weighted by atomic mass is 16.5. The number of hydrogen-bond donors (Lipinski definition) is 1. The molecule has 2 aromatic carbocycles. The molecule has 5 rings (SSSR count). The second-order valence-corrected chi connectivity index (χ2v) is 8.59. The summed E-state index contributed by atoms with van der Waals surface area (Å²) in [6.45, 7) is 4.10. The fourth-order valence-electron chi connectivity index (χ4n) is 3.89. The highest BCUT2D eigenvalue weighted by Gasteiger charge is 2.48. The predicted octanol–water partition coefficient (Wildman–Crippen LogP) is 4.37. The number of hydrogen-bond acceptors (Lipinski definition) is 7. The van der Waals surface area contributed by atoms with Crippen LogP contribution in [0.3, 0.4) is 0 Å². The molecule has 160 valence electrons. The molecule has 2 N–H and O–H groups in total. The Hall–Kier alpha value is -4.05. The third-order valence-corrected chi connectivity index (χ3v) is 5.64. The first-order valence-corrected chi connectivity index (χ1v) is 10.3. The summed E-state index contributed by atoms with van der Waals surface area (Å²) in [4.78, 5) is 9.18. The molecule has 0 aliphatic carbocycles. The van der Waals surface area contributed by atoms with Crippen LogP contribution in [-0.4, -0.2) is 24.2 Å². The number of fused-ring (bicyclic) bond motifs is 4. The molecule has 1 atom stereocenters. The fourth-order valence-corrected chi connectivity index (χ4v) is 3.89. The van der Waals surface area contributed by atoms with Crippen molar-refractivity contribution >= 4 is 6.02 Å². The predicted molar refractivity (Wildman–Crippen MR) is 119 cm³/mol. The summed E-state index contributed by atoms with van der Waals surface area (Å²) in [5.74, 6) is 1.61. The zero-order valence-corrected chi connectivity index (χ0v) is 17.8. The Kier molecular flexibility index (Phi) is 4.52. The first-order valence-electron chi connectivity index (χ1n) is 10.3.